The topological polar surface area (TPSA) is 72.5 Å². The van der Waals surface area contributed by atoms with E-state index in [4.69, 9.17) is 10.5 Å². The number of nitrogens with zero attached hydrogens (tertiary/aromatic N) is 2. The zero-order chi connectivity index (χ0) is 16.2. The van der Waals surface area contributed by atoms with Gasteiger partial charge in [0.15, 0.2) is 5.96 Å². The van der Waals surface area contributed by atoms with Gasteiger partial charge in [0.05, 0.1) is 19.3 Å². The second kappa shape index (κ2) is 8.49. The van der Waals surface area contributed by atoms with Gasteiger partial charge >= 0.3 is 0 Å². The van der Waals surface area contributed by atoms with Crippen LogP contribution in [0.2, 0.25) is 0 Å². The fourth-order valence-corrected chi connectivity index (χ4v) is 2.65. The SMILES string of the molecule is COc1ccc(-c2nc(CN=C(N)NC(C)(C)C)cs2)cc1.I. The predicted octanol–water partition coefficient (Wildman–Crippen LogP) is 3.64. The summed E-state index contributed by atoms with van der Waals surface area (Å²) in [6, 6.07) is 7.86. The van der Waals surface area contributed by atoms with Crippen molar-refractivity contribution in [2.24, 2.45) is 10.7 Å². The van der Waals surface area contributed by atoms with Gasteiger partial charge < -0.3 is 15.8 Å². The molecule has 1 aromatic carbocycles. The van der Waals surface area contributed by atoms with Crippen molar-refractivity contribution in [2.75, 3.05) is 7.11 Å². The van der Waals surface area contributed by atoms with Gasteiger partial charge in [-0.2, -0.15) is 0 Å². The minimum atomic E-state index is -0.0933. The second-order valence-electron chi connectivity index (χ2n) is 5.95. The molecule has 23 heavy (non-hydrogen) atoms. The van der Waals surface area contributed by atoms with Crippen LogP contribution in [-0.4, -0.2) is 23.6 Å². The first-order chi connectivity index (χ1) is 10.4. The lowest BCUT2D eigenvalue weighted by atomic mass is 10.1. The summed E-state index contributed by atoms with van der Waals surface area (Å²) in [5.41, 5.74) is 7.75. The highest BCUT2D eigenvalue weighted by molar-refractivity contribution is 14.0. The van der Waals surface area contributed by atoms with Gasteiger partial charge in [0.2, 0.25) is 0 Å². The number of thiazole rings is 1. The van der Waals surface area contributed by atoms with Gasteiger partial charge in [0, 0.05) is 16.5 Å². The number of nitrogens with one attached hydrogen (secondary N) is 1. The average Bonchev–Trinajstić information content (AvgIpc) is 2.92. The molecule has 2 rings (SSSR count). The Morgan fingerprint density at radius 2 is 1.96 bits per heavy atom. The lowest BCUT2D eigenvalue weighted by molar-refractivity contribution is 0.415. The van der Waals surface area contributed by atoms with Crippen molar-refractivity contribution in [3.05, 3.63) is 35.3 Å². The fourth-order valence-electron chi connectivity index (χ4n) is 1.84. The molecule has 0 spiro atoms. The molecule has 0 atom stereocenters. The molecule has 7 heteroatoms. The van der Waals surface area contributed by atoms with E-state index >= 15 is 0 Å². The van der Waals surface area contributed by atoms with E-state index < -0.39 is 0 Å². The maximum Gasteiger partial charge on any atom is 0.189 e. The smallest absolute Gasteiger partial charge is 0.189 e. The number of nitrogens with two attached hydrogens (primary N) is 1. The molecule has 0 saturated carbocycles. The van der Waals surface area contributed by atoms with Gasteiger partial charge in [0.25, 0.3) is 0 Å². The third kappa shape index (κ3) is 6.34. The van der Waals surface area contributed by atoms with Crippen LogP contribution in [0.15, 0.2) is 34.6 Å². The van der Waals surface area contributed by atoms with E-state index in [9.17, 15) is 0 Å². The molecule has 5 nitrogen and oxygen atoms in total. The summed E-state index contributed by atoms with van der Waals surface area (Å²) >= 11 is 1.60. The van der Waals surface area contributed by atoms with Crippen molar-refractivity contribution in [3.8, 4) is 16.3 Å². The van der Waals surface area contributed by atoms with Crippen LogP contribution in [0.25, 0.3) is 10.6 Å². The Morgan fingerprint density at radius 1 is 1.30 bits per heavy atom. The van der Waals surface area contributed by atoms with Gasteiger partial charge in [-0.1, -0.05) is 0 Å². The Morgan fingerprint density at radius 3 is 2.52 bits per heavy atom. The Labute approximate surface area is 158 Å². The molecule has 0 radical (unpaired) electrons. The van der Waals surface area contributed by atoms with Crippen molar-refractivity contribution >= 4 is 41.3 Å². The van der Waals surface area contributed by atoms with Crippen LogP contribution in [0, 0.1) is 0 Å². The molecule has 0 unspecified atom stereocenters. The normalized spacial score (nSPS) is 11.7. The number of hydrogen-bond acceptors (Lipinski definition) is 4. The summed E-state index contributed by atoms with van der Waals surface area (Å²) in [6.45, 7) is 6.60. The first-order valence-corrected chi connectivity index (χ1v) is 7.92. The van der Waals surface area contributed by atoms with Crippen LogP contribution in [0.4, 0.5) is 0 Å². The predicted molar refractivity (Wildman–Crippen MR) is 108 cm³/mol. The second-order valence-corrected chi connectivity index (χ2v) is 6.81. The Hall–Kier alpha value is -1.35. The number of halogens is 1. The number of rotatable bonds is 4. The van der Waals surface area contributed by atoms with E-state index in [0.29, 0.717) is 12.5 Å². The highest BCUT2D eigenvalue weighted by atomic mass is 127. The van der Waals surface area contributed by atoms with Gasteiger partial charge in [-0.3, -0.25) is 0 Å². The lowest BCUT2D eigenvalue weighted by Gasteiger charge is -2.20. The highest BCUT2D eigenvalue weighted by Gasteiger charge is 2.10. The van der Waals surface area contributed by atoms with Crippen molar-refractivity contribution in [1.29, 1.82) is 0 Å². The van der Waals surface area contributed by atoms with Gasteiger partial charge in [0.1, 0.15) is 10.8 Å². The average molecular weight is 446 g/mol. The van der Waals surface area contributed by atoms with E-state index in [1.165, 1.54) is 0 Å². The van der Waals surface area contributed by atoms with E-state index in [-0.39, 0.29) is 29.5 Å². The molecular formula is C16H23IN4OS. The molecule has 3 N–H and O–H groups in total. The summed E-state index contributed by atoms with van der Waals surface area (Å²) in [7, 11) is 1.66. The van der Waals surface area contributed by atoms with Gasteiger partial charge in [-0.25, -0.2) is 9.98 Å². The molecule has 126 valence electrons. The Kier molecular flexibility index (Phi) is 7.27. The minimum absolute atomic E-state index is 0. The van der Waals surface area contributed by atoms with Crippen molar-refractivity contribution in [1.82, 2.24) is 10.3 Å². The number of aliphatic imine (C=N–C) groups is 1. The number of hydrogen-bond donors (Lipinski definition) is 2. The van der Waals surface area contributed by atoms with Crippen LogP contribution in [-0.2, 0) is 6.54 Å². The Balaban J connectivity index is 0.00000264. The zero-order valence-corrected chi connectivity index (χ0v) is 16.9. The van der Waals surface area contributed by atoms with E-state index in [0.717, 1.165) is 22.0 Å². The van der Waals surface area contributed by atoms with Crippen molar-refractivity contribution in [3.63, 3.8) is 0 Å². The van der Waals surface area contributed by atoms with E-state index in [1.807, 2.05) is 50.4 Å². The van der Waals surface area contributed by atoms with Crippen LogP contribution in [0.3, 0.4) is 0 Å². The van der Waals surface area contributed by atoms with Gasteiger partial charge in [-0.05, 0) is 45.0 Å². The molecule has 0 aliphatic heterocycles. The summed E-state index contributed by atoms with van der Waals surface area (Å²) in [5, 5.41) is 6.11. The van der Waals surface area contributed by atoms with Crippen LogP contribution < -0.4 is 15.8 Å². The van der Waals surface area contributed by atoms with E-state index in [2.05, 4.69) is 15.3 Å². The number of benzene rings is 1. The van der Waals surface area contributed by atoms with Crippen LogP contribution in [0.1, 0.15) is 26.5 Å². The summed E-state index contributed by atoms with van der Waals surface area (Å²) in [5.74, 6) is 1.28. The highest BCUT2D eigenvalue weighted by Crippen LogP contribution is 2.25. The van der Waals surface area contributed by atoms with Gasteiger partial charge in [-0.15, -0.1) is 35.3 Å². The summed E-state index contributed by atoms with van der Waals surface area (Å²) in [4.78, 5) is 8.91. The number of aromatic nitrogens is 1. The molecule has 0 fully saturated rings. The standard InChI is InChI=1S/C16H22N4OS.HI/c1-16(2,3)20-15(17)18-9-12-10-22-14(19-12)11-5-7-13(21-4)8-6-11;/h5-8,10H,9H2,1-4H3,(H3,17,18,20);1H. The minimum Gasteiger partial charge on any atom is -0.497 e. The molecule has 0 aliphatic rings. The van der Waals surface area contributed by atoms with Crippen molar-refractivity contribution < 1.29 is 4.74 Å². The van der Waals surface area contributed by atoms with Crippen LogP contribution >= 0.6 is 35.3 Å². The van der Waals surface area contributed by atoms with Crippen molar-refractivity contribution in [2.45, 2.75) is 32.9 Å². The molecule has 1 heterocycles. The molecule has 0 bridgehead atoms. The summed E-state index contributed by atoms with van der Waals surface area (Å²) in [6.07, 6.45) is 0. The summed E-state index contributed by atoms with van der Waals surface area (Å²) < 4.78 is 5.16. The first-order valence-electron chi connectivity index (χ1n) is 7.04. The largest absolute Gasteiger partial charge is 0.497 e. The van der Waals surface area contributed by atoms with E-state index in [1.54, 1.807) is 18.4 Å². The maximum absolute atomic E-state index is 5.86. The number of methoxy groups -OCH3 is 1. The molecule has 0 aliphatic carbocycles. The third-order valence-corrected chi connectivity index (χ3v) is 3.74. The fraction of sp³-hybridized carbons (Fsp3) is 0.375. The lowest BCUT2D eigenvalue weighted by Crippen LogP contribution is -2.44. The monoisotopic (exact) mass is 446 g/mol. The zero-order valence-electron chi connectivity index (χ0n) is 13.8. The molecule has 0 saturated heterocycles. The molecule has 0 amide bonds. The maximum atomic E-state index is 5.86. The molecule has 2 aromatic rings. The Bertz CT molecular complexity index is 647. The first kappa shape index (κ1) is 19.7. The number of ether oxygens (including phenoxy) is 1. The quantitative estimate of drug-likeness (QED) is 0.428. The number of guanidine groups is 1. The molecular weight excluding hydrogens is 423 g/mol. The third-order valence-electron chi connectivity index (χ3n) is 2.80. The molecule has 1 aromatic heterocycles. The van der Waals surface area contributed by atoms with Crippen LogP contribution in [0.5, 0.6) is 5.75 Å².